The molecule has 0 saturated heterocycles. The van der Waals surface area contributed by atoms with Crippen molar-refractivity contribution in [1.82, 2.24) is 4.98 Å². The number of primary amides is 1. The van der Waals surface area contributed by atoms with Crippen LogP contribution in [-0.4, -0.2) is 16.8 Å². The van der Waals surface area contributed by atoms with Gasteiger partial charge in [-0.25, -0.2) is 0 Å². The summed E-state index contributed by atoms with van der Waals surface area (Å²) in [5.41, 5.74) is 7.79. The van der Waals surface area contributed by atoms with Gasteiger partial charge in [0.25, 0.3) is 5.91 Å². The molecule has 0 aliphatic carbocycles. The average Bonchev–Trinajstić information content (AvgIpc) is 2.60. The highest BCUT2D eigenvalue weighted by atomic mass is 35.5. The first-order valence-corrected chi connectivity index (χ1v) is 8.65. The first-order chi connectivity index (χ1) is 12.4. The Morgan fingerprint density at radius 1 is 1.08 bits per heavy atom. The van der Waals surface area contributed by atoms with E-state index in [9.17, 15) is 9.59 Å². The highest BCUT2D eigenvalue weighted by Gasteiger charge is 2.18. The molecular weight excluding hydrogens is 373 g/mol. The molecule has 1 aromatic heterocycles. The Morgan fingerprint density at radius 3 is 2.35 bits per heavy atom. The van der Waals surface area contributed by atoms with E-state index in [1.165, 1.54) is 0 Å². The molecule has 0 atom stereocenters. The fraction of sp³-hybridized carbons (Fsp3) is 0.105. The number of aryl methyl sites for hydroxylation is 1. The van der Waals surface area contributed by atoms with Crippen molar-refractivity contribution in [2.24, 2.45) is 5.73 Å². The summed E-state index contributed by atoms with van der Waals surface area (Å²) in [7, 11) is 0. The lowest BCUT2D eigenvalue weighted by Gasteiger charge is -2.13. The quantitative estimate of drug-likeness (QED) is 0.692. The van der Waals surface area contributed by atoms with Crippen LogP contribution in [0.25, 0.3) is 10.9 Å². The molecule has 3 N–H and O–H groups in total. The number of nitrogens with one attached hydrogen (secondary N) is 1. The number of pyridine rings is 1. The van der Waals surface area contributed by atoms with E-state index in [1.807, 2.05) is 6.92 Å². The minimum atomic E-state index is -0.535. The van der Waals surface area contributed by atoms with Gasteiger partial charge in [0.2, 0.25) is 5.91 Å². The Morgan fingerprint density at radius 2 is 1.73 bits per heavy atom. The molecule has 0 spiro atoms. The first-order valence-electron chi connectivity index (χ1n) is 7.89. The number of halogens is 2. The largest absolute Gasteiger partial charge is 0.366 e. The second-order valence-corrected chi connectivity index (χ2v) is 6.44. The summed E-state index contributed by atoms with van der Waals surface area (Å²) in [6.45, 7) is 1.92. The van der Waals surface area contributed by atoms with E-state index in [4.69, 9.17) is 28.9 Å². The number of aromatic nitrogens is 1. The molecule has 1 heterocycles. The van der Waals surface area contributed by atoms with Gasteiger partial charge >= 0.3 is 0 Å². The number of rotatable bonds is 4. The van der Waals surface area contributed by atoms with E-state index < -0.39 is 11.8 Å². The van der Waals surface area contributed by atoms with Crippen LogP contribution >= 0.6 is 23.2 Å². The smallest absolute Gasteiger partial charge is 0.258 e. The molecule has 0 saturated carbocycles. The predicted molar refractivity (Wildman–Crippen MR) is 104 cm³/mol. The van der Waals surface area contributed by atoms with Crippen molar-refractivity contribution in [1.29, 1.82) is 0 Å². The van der Waals surface area contributed by atoms with Crippen LogP contribution in [-0.2, 0) is 6.42 Å². The Bertz CT molecular complexity index is 1010. The number of para-hydroxylation sites is 1. The van der Waals surface area contributed by atoms with Gasteiger partial charge in [0.05, 0.1) is 32.4 Å². The molecule has 2 amide bonds. The summed E-state index contributed by atoms with van der Waals surface area (Å²) in [4.78, 5) is 29.0. The maximum Gasteiger partial charge on any atom is 0.258 e. The number of fused-ring (bicyclic) bond motifs is 1. The second-order valence-electron chi connectivity index (χ2n) is 5.63. The maximum atomic E-state index is 12.6. The van der Waals surface area contributed by atoms with Crippen molar-refractivity contribution in [3.8, 4) is 0 Å². The van der Waals surface area contributed by atoms with Gasteiger partial charge in [-0.3, -0.25) is 14.6 Å². The van der Waals surface area contributed by atoms with Crippen LogP contribution in [0.4, 0.5) is 5.69 Å². The topological polar surface area (TPSA) is 85.1 Å². The minimum absolute atomic E-state index is 0.174. The molecule has 0 radical (unpaired) electrons. The molecule has 26 heavy (non-hydrogen) atoms. The lowest BCUT2D eigenvalue weighted by atomic mass is 10.0. The van der Waals surface area contributed by atoms with Crippen LogP contribution in [0.3, 0.4) is 0 Å². The molecule has 0 unspecified atom stereocenters. The van der Waals surface area contributed by atoms with E-state index in [2.05, 4.69) is 10.3 Å². The van der Waals surface area contributed by atoms with Crippen molar-refractivity contribution in [3.63, 3.8) is 0 Å². The van der Waals surface area contributed by atoms with Gasteiger partial charge in [-0.15, -0.1) is 0 Å². The predicted octanol–water partition coefficient (Wildman–Crippen LogP) is 4.46. The number of anilines is 1. The molecule has 132 valence electrons. The molecule has 3 rings (SSSR count). The molecule has 0 fully saturated rings. The average molecular weight is 388 g/mol. The van der Waals surface area contributed by atoms with Crippen molar-refractivity contribution in [2.45, 2.75) is 13.3 Å². The number of hydrogen-bond donors (Lipinski definition) is 2. The lowest BCUT2D eigenvalue weighted by molar-refractivity contribution is 0.0998. The number of amides is 2. The number of nitrogens with two attached hydrogens (primary N) is 1. The molecule has 7 heteroatoms. The zero-order valence-corrected chi connectivity index (χ0v) is 15.4. The SMILES string of the molecule is CCc1cnc2c(NC(=O)c3c(Cl)cccc3Cl)cccc2c1C(N)=O. The molecular formula is C19H15Cl2N3O2. The monoisotopic (exact) mass is 387 g/mol. The van der Waals surface area contributed by atoms with E-state index in [0.29, 0.717) is 28.6 Å². The summed E-state index contributed by atoms with van der Waals surface area (Å²) in [6, 6.07) is 9.99. The normalized spacial score (nSPS) is 10.7. The summed E-state index contributed by atoms with van der Waals surface area (Å²) < 4.78 is 0. The van der Waals surface area contributed by atoms with Crippen LogP contribution in [0.15, 0.2) is 42.6 Å². The third-order valence-electron chi connectivity index (χ3n) is 4.04. The minimum Gasteiger partial charge on any atom is -0.366 e. The first kappa shape index (κ1) is 18.2. The molecule has 0 aliphatic rings. The van der Waals surface area contributed by atoms with E-state index >= 15 is 0 Å². The van der Waals surface area contributed by atoms with E-state index in [-0.39, 0.29) is 15.6 Å². The summed E-state index contributed by atoms with van der Waals surface area (Å²) in [5, 5.41) is 3.84. The number of nitrogens with zero attached hydrogens (tertiary/aromatic N) is 1. The van der Waals surface area contributed by atoms with Crippen LogP contribution in [0, 0.1) is 0 Å². The zero-order valence-electron chi connectivity index (χ0n) is 13.8. The van der Waals surface area contributed by atoms with Crippen LogP contribution < -0.4 is 11.1 Å². The Hall–Kier alpha value is -2.63. The number of carbonyl (C=O) groups is 2. The highest BCUT2D eigenvalue weighted by molar-refractivity contribution is 6.40. The number of carbonyl (C=O) groups excluding carboxylic acids is 2. The highest BCUT2D eigenvalue weighted by Crippen LogP contribution is 2.29. The second kappa shape index (κ2) is 7.32. The van der Waals surface area contributed by atoms with Gasteiger partial charge in [0.15, 0.2) is 0 Å². The molecule has 5 nitrogen and oxygen atoms in total. The van der Waals surface area contributed by atoms with Crippen molar-refractivity contribution < 1.29 is 9.59 Å². The van der Waals surface area contributed by atoms with Gasteiger partial charge in [0, 0.05) is 11.6 Å². The Kier molecular flexibility index (Phi) is 5.11. The molecule has 3 aromatic rings. The lowest BCUT2D eigenvalue weighted by Crippen LogP contribution is -2.16. The van der Waals surface area contributed by atoms with Gasteiger partial charge in [-0.05, 0) is 30.2 Å². The van der Waals surface area contributed by atoms with E-state index in [0.717, 1.165) is 5.56 Å². The van der Waals surface area contributed by atoms with Crippen LogP contribution in [0.5, 0.6) is 0 Å². The van der Waals surface area contributed by atoms with Gasteiger partial charge in [0.1, 0.15) is 0 Å². The standard InChI is InChI=1S/C19H15Cl2N3O2/c1-2-10-9-23-17-11(15(10)18(22)25)5-3-8-14(17)24-19(26)16-12(20)6-4-7-13(16)21/h3-9H,2H2,1H3,(H2,22,25)(H,24,26). The van der Waals surface area contributed by atoms with Crippen LogP contribution in [0.2, 0.25) is 10.0 Å². The van der Waals surface area contributed by atoms with Crippen molar-refractivity contribution >= 4 is 51.6 Å². The zero-order chi connectivity index (χ0) is 18.8. The third kappa shape index (κ3) is 3.23. The number of benzene rings is 2. The van der Waals surface area contributed by atoms with E-state index in [1.54, 1.807) is 42.6 Å². The summed E-state index contributed by atoms with van der Waals surface area (Å²) in [5.74, 6) is -0.998. The molecule has 0 aliphatic heterocycles. The van der Waals surface area contributed by atoms with Crippen molar-refractivity contribution in [3.05, 3.63) is 69.3 Å². The van der Waals surface area contributed by atoms with Gasteiger partial charge < -0.3 is 11.1 Å². The molecule has 0 bridgehead atoms. The summed E-state index contributed by atoms with van der Waals surface area (Å²) in [6.07, 6.45) is 2.22. The number of hydrogen-bond acceptors (Lipinski definition) is 3. The third-order valence-corrected chi connectivity index (χ3v) is 4.67. The fourth-order valence-electron chi connectivity index (χ4n) is 2.82. The Balaban J connectivity index is 2.11. The molecule has 2 aromatic carbocycles. The Labute approximate surface area is 160 Å². The van der Waals surface area contributed by atoms with Gasteiger partial charge in [-0.2, -0.15) is 0 Å². The van der Waals surface area contributed by atoms with Gasteiger partial charge in [-0.1, -0.05) is 48.3 Å². The summed E-state index contributed by atoms with van der Waals surface area (Å²) >= 11 is 12.2. The van der Waals surface area contributed by atoms with Crippen molar-refractivity contribution in [2.75, 3.05) is 5.32 Å². The van der Waals surface area contributed by atoms with Crippen LogP contribution in [0.1, 0.15) is 33.2 Å². The fourth-order valence-corrected chi connectivity index (χ4v) is 3.39. The maximum absolute atomic E-state index is 12.6.